The summed E-state index contributed by atoms with van der Waals surface area (Å²) in [5, 5.41) is 0. The average molecular weight is 209 g/mol. The average Bonchev–Trinajstić information content (AvgIpc) is 2.28. The minimum Gasteiger partial charge on any atom is -0.378 e. The number of ether oxygens (including phenoxy) is 1. The first-order valence-electron chi connectivity index (χ1n) is 5.49. The third-order valence-electron chi connectivity index (χ3n) is 2.88. The molecule has 1 fully saturated rings. The summed E-state index contributed by atoms with van der Waals surface area (Å²) in [5.41, 5.74) is 0. The van der Waals surface area contributed by atoms with E-state index in [0.29, 0.717) is 13.2 Å². The van der Waals surface area contributed by atoms with Crippen LogP contribution in [0.15, 0.2) is 0 Å². The zero-order valence-corrected chi connectivity index (χ0v) is 9.53. The highest BCUT2D eigenvalue weighted by Crippen LogP contribution is 2.23. The molecule has 3 heteroatoms. The van der Waals surface area contributed by atoms with Crippen LogP contribution in [0.2, 0.25) is 0 Å². The van der Waals surface area contributed by atoms with Crippen LogP contribution in [0.3, 0.4) is 0 Å². The Morgan fingerprint density at radius 2 is 2.40 bits per heavy atom. The van der Waals surface area contributed by atoms with Crippen LogP contribution < -0.4 is 0 Å². The van der Waals surface area contributed by atoms with E-state index in [1.54, 1.807) is 11.9 Å². The molecule has 1 aliphatic heterocycles. The van der Waals surface area contributed by atoms with Gasteiger partial charge in [-0.05, 0) is 19.3 Å². The number of rotatable bonds is 3. The second kappa shape index (κ2) is 5.77. The molecule has 0 aliphatic carbocycles. The molecule has 1 heterocycles. The van der Waals surface area contributed by atoms with Crippen molar-refractivity contribution in [2.75, 3.05) is 20.2 Å². The molecule has 15 heavy (non-hydrogen) atoms. The van der Waals surface area contributed by atoms with Gasteiger partial charge in [-0.15, -0.1) is 6.42 Å². The summed E-state index contributed by atoms with van der Waals surface area (Å²) >= 11 is 0. The molecule has 0 aromatic rings. The molecule has 1 amide bonds. The second-order valence-electron chi connectivity index (χ2n) is 4.02. The van der Waals surface area contributed by atoms with Crippen molar-refractivity contribution in [3.63, 3.8) is 0 Å². The number of carbonyl (C=O) groups is 1. The minimum atomic E-state index is 0.0991. The summed E-state index contributed by atoms with van der Waals surface area (Å²) < 4.78 is 5.54. The molecule has 0 N–H and O–H groups in total. The normalized spacial score (nSPS) is 25.7. The molecule has 0 aromatic carbocycles. The van der Waals surface area contributed by atoms with Gasteiger partial charge in [0.15, 0.2) is 0 Å². The Hall–Kier alpha value is -1.01. The lowest BCUT2D eigenvalue weighted by atomic mass is 9.93. The van der Waals surface area contributed by atoms with Gasteiger partial charge in [0.05, 0.1) is 12.6 Å². The van der Waals surface area contributed by atoms with E-state index in [0.717, 1.165) is 19.3 Å². The molecular formula is C12H19NO2. The standard InChI is InChI=1S/C12H19NO2/c1-4-7-13(3)12(14)10-6-8-15-11(5-2)9-10/h1,10-11H,5-9H2,2-3H3/t10-,11-/m0/s1. The van der Waals surface area contributed by atoms with Gasteiger partial charge in [-0.2, -0.15) is 0 Å². The zero-order chi connectivity index (χ0) is 11.3. The highest BCUT2D eigenvalue weighted by molar-refractivity contribution is 5.78. The quantitative estimate of drug-likeness (QED) is 0.655. The summed E-state index contributed by atoms with van der Waals surface area (Å²) in [4.78, 5) is 13.6. The van der Waals surface area contributed by atoms with E-state index in [4.69, 9.17) is 11.2 Å². The first kappa shape index (κ1) is 12.1. The maximum atomic E-state index is 11.9. The van der Waals surface area contributed by atoms with E-state index in [1.807, 2.05) is 0 Å². The summed E-state index contributed by atoms with van der Waals surface area (Å²) in [6, 6.07) is 0. The molecule has 3 nitrogen and oxygen atoms in total. The number of terminal acetylenes is 1. The van der Waals surface area contributed by atoms with Gasteiger partial charge < -0.3 is 9.64 Å². The highest BCUT2D eigenvalue weighted by atomic mass is 16.5. The van der Waals surface area contributed by atoms with E-state index >= 15 is 0 Å². The van der Waals surface area contributed by atoms with Crippen molar-refractivity contribution in [3.8, 4) is 12.3 Å². The predicted molar refractivity (Wildman–Crippen MR) is 59.2 cm³/mol. The Bertz CT molecular complexity index is 257. The summed E-state index contributed by atoms with van der Waals surface area (Å²) in [7, 11) is 1.76. The lowest BCUT2D eigenvalue weighted by molar-refractivity contribution is -0.138. The van der Waals surface area contributed by atoms with E-state index in [9.17, 15) is 4.79 Å². The van der Waals surface area contributed by atoms with E-state index < -0.39 is 0 Å². The van der Waals surface area contributed by atoms with Crippen LogP contribution in [0.1, 0.15) is 26.2 Å². The molecule has 2 atom stereocenters. The van der Waals surface area contributed by atoms with Gasteiger partial charge in [-0.3, -0.25) is 4.79 Å². The van der Waals surface area contributed by atoms with Crippen LogP contribution in [-0.4, -0.2) is 37.1 Å². The van der Waals surface area contributed by atoms with Crippen LogP contribution >= 0.6 is 0 Å². The summed E-state index contributed by atoms with van der Waals surface area (Å²) in [5.74, 6) is 2.75. The molecule has 0 saturated carbocycles. The fraction of sp³-hybridized carbons (Fsp3) is 0.750. The summed E-state index contributed by atoms with van der Waals surface area (Å²) in [6.07, 6.45) is 8.06. The van der Waals surface area contributed by atoms with Crippen molar-refractivity contribution < 1.29 is 9.53 Å². The van der Waals surface area contributed by atoms with Crippen LogP contribution in [0.4, 0.5) is 0 Å². The van der Waals surface area contributed by atoms with Crippen LogP contribution in [-0.2, 0) is 9.53 Å². The molecule has 1 rings (SSSR count). The van der Waals surface area contributed by atoms with Gasteiger partial charge in [-0.25, -0.2) is 0 Å². The lowest BCUT2D eigenvalue weighted by Crippen LogP contribution is -2.38. The maximum Gasteiger partial charge on any atom is 0.226 e. The first-order valence-corrected chi connectivity index (χ1v) is 5.49. The molecule has 1 aliphatic rings. The van der Waals surface area contributed by atoms with Crippen molar-refractivity contribution in [2.45, 2.75) is 32.3 Å². The van der Waals surface area contributed by atoms with Crippen LogP contribution in [0, 0.1) is 18.3 Å². The maximum absolute atomic E-state index is 11.9. The van der Waals surface area contributed by atoms with Gasteiger partial charge in [0, 0.05) is 19.6 Å². The number of hydrogen-bond donors (Lipinski definition) is 0. The smallest absolute Gasteiger partial charge is 0.226 e. The number of carbonyl (C=O) groups excluding carboxylic acids is 1. The largest absolute Gasteiger partial charge is 0.378 e. The fourth-order valence-corrected chi connectivity index (χ4v) is 1.92. The van der Waals surface area contributed by atoms with Crippen molar-refractivity contribution in [1.29, 1.82) is 0 Å². The molecule has 84 valence electrons. The number of amides is 1. The van der Waals surface area contributed by atoms with Crippen molar-refractivity contribution in [1.82, 2.24) is 4.90 Å². The van der Waals surface area contributed by atoms with Gasteiger partial charge in [-0.1, -0.05) is 12.8 Å². The van der Waals surface area contributed by atoms with Gasteiger partial charge in [0.2, 0.25) is 5.91 Å². The molecule has 0 spiro atoms. The Morgan fingerprint density at radius 1 is 1.67 bits per heavy atom. The number of hydrogen-bond acceptors (Lipinski definition) is 2. The summed E-state index contributed by atoms with van der Waals surface area (Å²) in [6.45, 7) is 3.18. The van der Waals surface area contributed by atoms with Crippen LogP contribution in [0.25, 0.3) is 0 Å². The van der Waals surface area contributed by atoms with Crippen molar-refractivity contribution in [3.05, 3.63) is 0 Å². The fourth-order valence-electron chi connectivity index (χ4n) is 1.92. The highest BCUT2D eigenvalue weighted by Gasteiger charge is 2.28. The Labute approximate surface area is 91.8 Å². The van der Waals surface area contributed by atoms with E-state index in [2.05, 4.69) is 12.8 Å². The molecule has 0 radical (unpaired) electrons. The third kappa shape index (κ3) is 3.24. The van der Waals surface area contributed by atoms with Crippen molar-refractivity contribution in [2.24, 2.45) is 5.92 Å². The third-order valence-corrected chi connectivity index (χ3v) is 2.88. The van der Waals surface area contributed by atoms with E-state index in [1.165, 1.54) is 0 Å². The Kier molecular flexibility index (Phi) is 4.64. The molecular weight excluding hydrogens is 190 g/mol. The SMILES string of the molecule is C#CCN(C)C(=O)[C@H]1CCO[C@@H](CC)C1. The molecule has 0 aromatic heterocycles. The van der Waals surface area contributed by atoms with E-state index in [-0.39, 0.29) is 17.9 Å². The topological polar surface area (TPSA) is 29.5 Å². The minimum absolute atomic E-state index is 0.0991. The lowest BCUT2D eigenvalue weighted by Gasteiger charge is -2.30. The van der Waals surface area contributed by atoms with Gasteiger partial charge in [0.1, 0.15) is 0 Å². The van der Waals surface area contributed by atoms with Crippen molar-refractivity contribution >= 4 is 5.91 Å². The monoisotopic (exact) mass is 209 g/mol. The predicted octanol–water partition coefficient (Wildman–Crippen LogP) is 1.28. The van der Waals surface area contributed by atoms with Gasteiger partial charge in [0.25, 0.3) is 0 Å². The Morgan fingerprint density at radius 3 is 3.00 bits per heavy atom. The molecule has 1 saturated heterocycles. The zero-order valence-electron chi connectivity index (χ0n) is 9.53. The number of nitrogens with zero attached hydrogens (tertiary/aromatic N) is 1. The van der Waals surface area contributed by atoms with Crippen LogP contribution in [0.5, 0.6) is 0 Å². The van der Waals surface area contributed by atoms with Gasteiger partial charge >= 0.3 is 0 Å². The first-order chi connectivity index (χ1) is 7.19. The molecule has 0 unspecified atom stereocenters. The molecule has 0 bridgehead atoms. The Balaban J connectivity index is 2.49. The second-order valence-corrected chi connectivity index (χ2v) is 4.02.